The Morgan fingerprint density at radius 1 is 0.924 bits per heavy atom. The van der Waals surface area contributed by atoms with Crippen molar-refractivity contribution >= 4 is 17.5 Å². The van der Waals surface area contributed by atoms with Gasteiger partial charge in [0, 0.05) is 49.8 Å². The molecule has 6 atom stereocenters. The van der Waals surface area contributed by atoms with Crippen LogP contribution < -0.4 is 14.2 Å². The minimum atomic E-state index is -1.50. The van der Waals surface area contributed by atoms with Crippen molar-refractivity contribution < 1.29 is 43.7 Å². The van der Waals surface area contributed by atoms with E-state index in [0.717, 1.165) is 47.9 Å². The number of amides is 1. The summed E-state index contributed by atoms with van der Waals surface area (Å²) in [5.74, 6) is -0.208. The van der Waals surface area contributed by atoms with E-state index in [2.05, 4.69) is 30.9 Å². The van der Waals surface area contributed by atoms with Crippen LogP contribution in [0, 0.1) is 27.9 Å². The third kappa shape index (κ3) is 10.8. The fourth-order valence-electron chi connectivity index (χ4n) is 9.80. The van der Waals surface area contributed by atoms with Gasteiger partial charge >= 0.3 is 6.09 Å². The zero-order valence-corrected chi connectivity index (χ0v) is 38.5. The highest BCUT2D eigenvalue weighted by molar-refractivity contribution is 6.03. The molecule has 13 nitrogen and oxygen atoms in total. The van der Waals surface area contributed by atoms with Crippen molar-refractivity contribution in [3.8, 4) is 34.1 Å². The van der Waals surface area contributed by atoms with Crippen molar-refractivity contribution in [2.24, 2.45) is 22.9 Å². The van der Waals surface area contributed by atoms with E-state index < -0.39 is 34.4 Å². The second-order valence-electron chi connectivity index (χ2n) is 18.3. The lowest BCUT2D eigenvalue weighted by Crippen LogP contribution is -2.70. The van der Waals surface area contributed by atoms with Gasteiger partial charge in [-0.1, -0.05) is 79.5 Å². The number of non-ortho nitro benzene ring substituents is 1. The standard InChI is InChI=1S/C53H63N3O10/c1-6-29-55(51(59)64-41-25-21-39(22-26-41)56(60)61)48-35-46(54-66-52(3,4)5)44-33-38(17-11-13-30-57)43(18-12-14-31-58)49-45-34-42(27-28-47(45)65-53(48,50(44)49)62-32-7-2)63-40-23-19-37(20-24-40)36-15-9-8-10-16-36/h7-10,15-16,19-28,33-34,38,43,48-50,57-58H,2,6,11-14,17-18,29-32,35H2,1,3-5H3. The molecule has 7 rings (SSSR count). The van der Waals surface area contributed by atoms with E-state index >= 15 is 0 Å². The average molecular weight is 902 g/mol. The van der Waals surface area contributed by atoms with Gasteiger partial charge in [-0.25, -0.2) is 4.79 Å². The molecule has 66 heavy (non-hydrogen) atoms. The zero-order valence-electron chi connectivity index (χ0n) is 38.5. The summed E-state index contributed by atoms with van der Waals surface area (Å²) in [5.41, 5.74) is 3.91. The van der Waals surface area contributed by atoms with Crippen molar-refractivity contribution in [3.63, 3.8) is 0 Å². The molecule has 0 radical (unpaired) electrons. The summed E-state index contributed by atoms with van der Waals surface area (Å²) in [4.78, 5) is 33.5. The van der Waals surface area contributed by atoms with Gasteiger partial charge in [0.1, 0.15) is 34.6 Å². The summed E-state index contributed by atoms with van der Waals surface area (Å²) in [7, 11) is 0. The lowest BCUT2D eigenvalue weighted by molar-refractivity contribution is -0.384. The topological polar surface area (TPSA) is 162 Å². The van der Waals surface area contributed by atoms with Crippen molar-refractivity contribution in [3.05, 3.63) is 137 Å². The van der Waals surface area contributed by atoms with E-state index in [9.17, 15) is 25.1 Å². The molecule has 1 heterocycles. The maximum atomic E-state index is 14.7. The molecule has 1 fully saturated rings. The van der Waals surface area contributed by atoms with Crippen molar-refractivity contribution in [1.82, 2.24) is 4.90 Å². The molecule has 1 amide bonds. The molecule has 6 unspecified atom stereocenters. The summed E-state index contributed by atoms with van der Waals surface area (Å²) in [6.45, 7) is 12.3. The van der Waals surface area contributed by atoms with Gasteiger partial charge in [0.15, 0.2) is 0 Å². The summed E-state index contributed by atoms with van der Waals surface area (Å²) < 4.78 is 27.0. The summed E-state index contributed by atoms with van der Waals surface area (Å²) in [6.07, 6.45) is 8.48. The van der Waals surface area contributed by atoms with Gasteiger partial charge in [-0.2, -0.15) is 0 Å². The molecular formula is C53H63N3O10. The number of oxime groups is 1. The lowest BCUT2D eigenvalue weighted by Gasteiger charge is -2.60. The normalized spacial score (nSPS) is 22.5. The molecule has 0 spiro atoms. The van der Waals surface area contributed by atoms with Gasteiger partial charge in [-0.3, -0.25) is 15.0 Å². The first kappa shape index (κ1) is 47.9. The van der Waals surface area contributed by atoms with Gasteiger partial charge in [-0.05, 0) is 124 Å². The SMILES string of the molecule is C=CCOC12Oc3ccc(Oc4ccc(-c5ccccc5)cc4)cc3C3C(CCCCO)C(CCCCO)C=C(C(=NOC(C)(C)C)CC1N(CCC)C(=O)Oc1ccc([N+](=O)[O-])cc1)C32. The number of ether oxygens (including phenoxy) is 4. The van der Waals surface area contributed by atoms with Gasteiger partial charge in [0.25, 0.3) is 5.69 Å². The first-order chi connectivity index (χ1) is 31.9. The Hall–Kier alpha value is -6.02. The third-order valence-electron chi connectivity index (χ3n) is 12.6. The minimum Gasteiger partial charge on any atom is -0.459 e. The molecule has 2 aliphatic carbocycles. The fourth-order valence-corrected chi connectivity index (χ4v) is 9.80. The number of aliphatic hydroxyl groups is 2. The molecule has 4 aromatic carbocycles. The van der Waals surface area contributed by atoms with Crippen LogP contribution in [0.15, 0.2) is 127 Å². The third-order valence-corrected chi connectivity index (χ3v) is 12.6. The zero-order chi connectivity index (χ0) is 46.8. The van der Waals surface area contributed by atoms with Crippen molar-refractivity contribution in [2.75, 3.05) is 26.4 Å². The Morgan fingerprint density at radius 3 is 2.24 bits per heavy atom. The maximum Gasteiger partial charge on any atom is 0.415 e. The average Bonchev–Trinajstić information content (AvgIpc) is 3.31. The van der Waals surface area contributed by atoms with Gasteiger partial charge in [-0.15, -0.1) is 6.58 Å². The van der Waals surface area contributed by atoms with Crippen LogP contribution in [0.1, 0.15) is 90.5 Å². The number of benzene rings is 4. The molecule has 1 aliphatic heterocycles. The number of carbonyl (C=O) groups excluding carboxylic acids is 1. The number of aliphatic hydroxyl groups excluding tert-OH is 2. The molecule has 3 aliphatic rings. The van der Waals surface area contributed by atoms with Crippen LogP contribution in [0.4, 0.5) is 10.5 Å². The van der Waals surface area contributed by atoms with E-state index in [1.165, 1.54) is 24.3 Å². The predicted molar refractivity (Wildman–Crippen MR) is 254 cm³/mol. The number of nitro benzene ring substituents is 1. The first-order valence-electron chi connectivity index (χ1n) is 23.2. The number of rotatable bonds is 20. The van der Waals surface area contributed by atoms with Crippen molar-refractivity contribution in [1.29, 1.82) is 0 Å². The Bertz CT molecular complexity index is 2340. The van der Waals surface area contributed by atoms with E-state index in [1.54, 1.807) is 11.0 Å². The smallest absolute Gasteiger partial charge is 0.415 e. The predicted octanol–water partition coefficient (Wildman–Crippen LogP) is 11.4. The van der Waals surface area contributed by atoms with Crippen LogP contribution >= 0.6 is 0 Å². The second kappa shape index (κ2) is 21.5. The Morgan fingerprint density at radius 2 is 1.59 bits per heavy atom. The minimum absolute atomic E-state index is 0.00831. The monoisotopic (exact) mass is 901 g/mol. The molecule has 13 heteroatoms. The van der Waals surface area contributed by atoms with Crippen LogP contribution in [0.25, 0.3) is 11.1 Å². The Kier molecular flexibility index (Phi) is 15.6. The molecule has 0 bridgehead atoms. The highest BCUT2D eigenvalue weighted by Gasteiger charge is 2.65. The molecule has 0 aromatic heterocycles. The number of nitrogens with zero attached hydrogens (tertiary/aromatic N) is 3. The fraction of sp³-hybridized carbons (Fsp3) is 0.434. The number of nitro groups is 1. The molecule has 2 N–H and O–H groups in total. The Balaban J connectivity index is 1.40. The number of allylic oxidation sites excluding steroid dienone is 1. The van der Waals surface area contributed by atoms with Crippen LogP contribution in [0.2, 0.25) is 0 Å². The van der Waals surface area contributed by atoms with Gasteiger partial charge in [0.05, 0.1) is 23.2 Å². The van der Waals surface area contributed by atoms with Crippen LogP contribution in [-0.2, 0) is 9.57 Å². The van der Waals surface area contributed by atoms with Crippen LogP contribution in [0.5, 0.6) is 23.0 Å². The van der Waals surface area contributed by atoms with Gasteiger partial charge < -0.3 is 34.0 Å². The number of fused-ring (bicyclic) bond motifs is 2. The molecule has 1 saturated carbocycles. The molecule has 0 saturated heterocycles. The van der Waals surface area contributed by atoms with E-state index in [0.29, 0.717) is 42.2 Å². The molecular weight excluding hydrogens is 839 g/mol. The highest BCUT2D eigenvalue weighted by Crippen LogP contribution is 2.62. The van der Waals surface area contributed by atoms with E-state index in [1.807, 2.05) is 82.3 Å². The number of unbranched alkanes of at least 4 members (excludes halogenated alkanes) is 2. The highest BCUT2D eigenvalue weighted by atomic mass is 16.7. The van der Waals surface area contributed by atoms with E-state index in [4.69, 9.17) is 28.9 Å². The summed E-state index contributed by atoms with van der Waals surface area (Å²) >= 11 is 0. The van der Waals surface area contributed by atoms with Crippen molar-refractivity contribution in [2.45, 2.75) is 102 Å². The van der Waals surface area contributed by atoms with Crippen LogP contribution in [-0.4, -0.2) is 75.6 Å². The summed E-state index contributed by atoms with van der Waals surface area (Å²) in [5, 5.41) is 36.3. The maximum absolute atomic E-state index is 14.7. The molecule has 350 valence electrons. The second-order valence-corrected chi connectivity index (χ2v) is 18.3. The Labute approximate surface area is 387 Å². The number of carbonyl (C=O) groups is 1. The molecule has 4 aromatic rings. The number of hydrogen-bond acceptors (Lipinski definition) is 11. The van der Waals surface area contributed by atoms with E-state index in [-0.39, 0.29) is 62.0 Å². The van der Waals surface area contributed by atoms with Gasteiger partial charge in [0.2, 0.25) is 5.79 Å². The first-order valence-corrected chi connectivity index (χ1v) is 23.2. The quantitative estimate of drug-likeness (QED) is 0.0378. The largest absolute Gasteiger partial charge is 0.459 e. The lowest BCUT2D eigenvalue weighted by atomic mass is 9.55. The van der Waals surface area contributed by atoms with Crippen LogP contribution in [0.3, 0.4) is 0 Å². The summed E-state index contributed by atoms with van der Waals surface area (Å²) in [6, 6.07) is 28.7. The number of hydrogen-bond donors (Lipinski definition) is 2.